The summed E-state index contributed by atoms with van der Waals surface area (Å²) < 4.78 is 0. The van der Waals surface area contributed by atoms with Crippen LogP contribution in [-0.4, -0.2) is 26.5 Å². The number of aromatic amines is 1. The van der Waals surface area contributed by atoms with Crippen molar-refractivity contribution in [1.29, 1.82) is 0 Å². The van der Waals surface area contributed by atoms with E-state index >= 15 is 0 Å². The summed E-state index contributed by atoms with van der Waals surface area (Å²) in [6, 6.07) is 8.32. The number of hydrogen-bond donors (Lipinski definition) is 2. The van der Waals surface area contributed by atoms with Crippen LogP contribution in [0.3, 0.4) is 0 Å². The third kappa shape index (κ3) is 2.62. The highest BCUT2D eigenvalue weighted by Crippen LogP contribution is 2.25. The lowest BCUT2D eigenvalue weighted by Crippen LogP contribution is -2.34. The number of aromatic nitrogens is 4. The van der Waals surface area contributed by atoms with Gasteiger partial charge in [-0.2, -0.15) is 5.21 Å². The Balaban J connectivity index is 1.60. The van der Waals surface area contributed by atoms with E-state index < -0.39 is 0 Å². The minimum Gasteiger partial charge on any atom is -0.348 e. The van der Waals surface area contributed by atoms with Crippen LogP contribution in [0.25, 0.3) is 0 Å². The highest BCUT2D eigenvalue weighted by molar-refractivity contribution is 5.79. The largest absolute Gasteiger partial charge is 0.348 e. The van der Waals surface area contributed by atoms with Gasteiger partial charge in [-0.25, -0.2) is 0 Å². The highest BCUT2D eigenvalue weighted by Gasteiger charge is 2.24. The Bertz CT molecular complexity index is 566. The Morgan fingerprint density at radius 3 is 3.00 bits per heavy atom. The Labute approximate surface area is 110 Å². The van der Waals surface area contributed by atoms with E-state index in [0.29, 0.717) is 12.4 Å². The number of fused-ring (bicyclic) bond motifs is 1. The molecule has 1 heterocycles. The summed E-state index contributed by atoms with van der Waals surface area (Å²) in [6.07, 6.45) is 2.68. The van der Waals surface area contributed by atoms with E-state index in [-0.39, 0.29) is 11.8 Å². The zero-order valence-corrected chi connectivity index (χ0v) is 10.5. The second-order valence-corrected chi connectivity index (χ2v) is 4.75. The molecule has 98 valence electrons. The van der Waals surface area contributed by atoms with Crippen molar-refractivity contribution in [3.05, 3.63) is 41.2 Å². The fraction of sp³-hybridized carbons (Fsp3) is 0.385. The predicted molar refractivity (Wildman–Crippen MR) is 68.0 cm³/mol. The van der Waals surface area contributed by atoms with Gasteiger partial charge in [0.05, 0.1) is 6.54 Å². The molecule has 2 N–H and O–H groups in total. The van der Waals surface area contributed by atoms with Gasteiger partial charge in [-0.3, -0.25) is 4.79 Å². The lowest BCUT2D eigenvalue weighted by molar-refractivity contribution is -0.125. The fourth-order valence-corrected chi connectivity index (χ4v) is 2.49. The molecular weight excluding hydrogens is 242 g/mol. The van der Waals surface area contributed by atoms with E-state index in [0.717, 1.165) is 19.3 Å². The molecule has 6 heteroatoms. The lowest BCUT2D eigenvalue weighted by Gasteiger charge is -2.23. The molecule has 2 aromatic rings. The lowest BCUT2D eigenvalue weighted by atomic mass is 9.83. The van der Waals surface area contributed by atoms with Crippen molar-refractivity contribution in [2.45, 2.75) is 25.8 Å². The molecule has 6 nitrogen and oxygen atoms in total. The summed E-state index contributed by atoms with van der Waals surface area (Å²) in [5, 5.41) is 16.3. The third-order valence-corrected chi connectivity index (χ3v) is 3.53. The molecule has 19 heavy (non-hydrogen) atoms. The molecule has 1 amide bonds. The number of carbonyl (C=O) groups is 1. The van der Waals surface area contributed by atoms with Crippen molar-refractivity contribution in [2.24, 2.45) is 5.92 Å². The quantitative estimate of drug-likeness (QED) is 0.844. The van der Waals surface area contributed by atoms with Gasteiger partial charge in [-0.05, 0) is 30.4 Å². The summed E-state index contributed by atoms with van der Waals surface area (Å²) in [5.41, 5.74) is 2.65. The summed E-state index contributed by atoms with van der Waals surface area (Å²) in [4.78, 5) is 12.1. The molecule has 1 aromatic heterocycles. The van der Waals surface area contributed by atoms with Gasteiger partial charge in [0.15, 0.2) is 5.82 Å². The molecule has 1 atom stereocenters. The van der Waals surface area contributed by atoms with E-state index in [9.17, 15) is 4.79 Å². The van der Waals surface area contributed by atoms with Crippen LogP contribution in [-0.2, 0) is 24.2 Å². The molecule has 3 rings (SSSR count). The number of carbonyl (C=O) groups excluding carboxylic acids is 1. The molecule has 0 bridgehead atoms. The zero-order chi connectivity index (χ0) is 13.1. The molecule has 0 fully saturated rings. The number of tetrazole rings is 1. The second-order valence-electron chi connectivity index (χ2n) is 4.75. The van der Waals surface area contributed by atoms with Crippen molar-refractivity contribution >= 4 is 5.91 Å². The molecule has 0 radical (unpaired) electrons. The van der Waals surface area contributed by atoms with E-state index in [4.69, 9.17) is 0 Å². The molecule has 1 aromatic carbocycles. The number of hydrogen-bond acceptors (Lipinski definition) is 4. The minimum absolute atomic E-state index is 0.0433. The Hall–Kier alpha value is -2.24. The van der Waals surface area contributed by atoms with Gasteiger partial charge < -0.3 is 5.32 Å². The maximum Gasteiger partial charge on any atom is 0.223 e. The van der Waals surface area contributed by atoms with Gasteiger partial charge in [0.1, 0.15) is 0 Å². The van der Waals surface area contributed by atoms with Crippen molar-refractivity contribution in [3.63, 3.8) is 0 Å². The number of H-pyrrole nitrogens is 1. The Kier molecular flexibility index (Phi) is 3.22. The van der Waals surface area contributed by atoms with Gasteiger partial charge in [-0.15, -0.1) is 10.2 Å². The topological polar surface area (TPSA) is 83.6 Å². The number of nitrogens with zero attached hydrogens (tertiary/aromatic N) is 3. The van der Waals surface area contributed by atoms with Crippen LogP contribution < -0.4 is 5.32 Å². The first-order valence-corrected chi connectivity index (χ1v) is 6.40. The zero-order valence-electron chi connectivity index (χ0n) is 10.5. The molecule has 0 aliphatic heterocycles. The number of nitrogens with one attached hydrogen (secondary N) is 2. The second kappa shape index (κ2) is 5.17. The van der Waals surface area contributed by atoms with Gasteiger partial charge in [0.25, 0.3) is 0 Å². The molecule has 0 saturated heterocycles. The first-order valence-electron chi connectivity index (χ1n) is 6.40. The van der Waals surface area contributed by atoms with E-state index in [1.807, 2.05) is 6.07 Å². The van der Waals surface area contributed by atoms with Crippen LogP contribution in [0.5, 0.6) is 0 Å². The maximum absolute atomic E-state index is 12.1. The van der Waals surface area contributed by atoms with Crippen LogP contribution in [0, 0.1) is 5.92 Å². The van der Waals surface area contributed by atoms with Crippen molar-refractivity contribution in [1.82, 2.24) is 25.9 Å². The SMILES string of the molecule is O=C(NCc1nn[nH]n1)C1CCc2ccccc2C1. The Morgan fingerprint density at radius 1 is 1.37 bits per heavy atom. The first-order chi connectivity index (χ1) is 9.33. The van der Waals surface area contributed by atoms with Crippen molar-refractivity contribution in [3.8, 4) is 0 Å². The van der Waals surface area contributed by atoms with Crippen LogP contribution in [0.4, 0.5) is 0 Å². The average molecular weight is 257 g/mol. The summed E-state index contributed by atoms with van der Waals surface area (Å²) >= 11 is 0. The van der Waals surface area contributed by atoms with Crippen LogP contribution >= 0.6 is 0 Å². The normalized spacial score (nSPS) is 17.8. The van der Waals surface area contributed by atoms with Crippen molar-refractivity contribution < 1.29 is 4.79 Å². The standard InChI is InChI=1S/C13H15N5O/c19-13(14-8-12-15-17-18-16-12)11-6-5-9-3-1-2-4-10(9)7-11/h1-4,11H,5-8H2,(H,14,19)(H,15,16,17,18). The first kappa shape index (κ1) is 11.8. The summed E-state index contributed by atoms with van der Waals surface area (Å²) in [6.45, 7) is 0.327. The van der Waals surface area contributed by atoms with Gasteiger partial charge in [0, 0.05) is 5.92 Å². The minimum atomic E-state index is 0.0433. The number of benzene rings is 1. The molecule has 1 aliphatic rings. The van der Waals surface area contributed by atoms with Crippen LogP contribution in [0.2, 0.25) is 0 Å². The molecule has 1 aliphatic carbocycles. The molecule has 0 spiro atoms. The van der Waals surface area contributed by atoms with Crippen molar-refractivity contribution in [2.75, 3.05) is 0 Å². The predicted octanol–water partition coefficient (Wildman–Crippen LogP) is 0.621. The highest BCUT2D eigenvalue weighted by atomic mass is 16.1. The van der Waals surface area contributed by atoms with Gasteiger partial charge >= 0.3 is 0 Å². The number of aryl methyl sites for hydroxylation is 1. The maximum atomic E-state index is 12.1. The molecule has 1 unspecified atom stereocenters. The van der Waals surface area contributed by atoms with Gasteiger partial charge in [-0.1, -0.05) is 29.5 Å². The van der Waals surface area contributed by atoms with Crippen LogP contribution in [0.1, 0.15) is 23.4 Å². The summed E-state index contributed by atoms with van der Waals surface area (Å²) in [7, 11) is 0. The van der Waals surface area contributed by atoms with Gasteiger partial charge in [0.2, 0.25) is 5.91 Å². The molecule has 0 saturated carbocycles. The average Bonchev–Trinajstić information content (AvgIpc) is 2.97. The van der Waals surface area contributed by atoms with E-state index in [1.54, 1.807) is 0 Å². The van der Waals surface area contributed by atoms with Crippen LogP contribution in [0.15, 0.2) is 24.3 Å². The smallest absolute Gasteiger partial charge is 0.223 e. The third-order valence-electron chi connectivity index (χ3n) is 3.53. The number of amides is 1. The van der Waals surface area contributed by atoms with E-state index in [1.165, 1.54) is 11.1 Å². The summed E-state index contributed by atoms with van der Waals surface area (Å²) in [5.74, 6) is 0.616. The fourth-order valence-electron chi connectivity index (χ4n) is 2.49. The van der Waals surface area contributed by atoms with E-state index in [2.05, 4.69) is 44.1 Å². The number of rotatable bonds is 3. The Morgan fingerprint density at radius 2 is 2.21 bits per heavy atom. The monoisotopic (exact) mass is 257 g/mol. The molecular formula is C13H15N5O.